The summed E-state index contributed by atoms with van der Waals surface area (Å²) in [6, 6.07) is 5.91. The number of hydrogen-bond donors (Lipinski definition) is 2. The number of thiophene rings is 1. The second kappa shape index (κ2) is 6.47. The maximum atomic E-state index is 12.4. The number of carbonyl (C=O) groups is 1. The van der Waals surface area contributed by atoms with Crippen LogP contribution in [0.2, 0.25) is 0 Å². The molecule has 0 spiro atoms. The van der Waals surface area contributed by atoms with Gasteiger partial charge in [0.2, 0.25) is 0 Å². The summed E-state index contributed by atoms with van der Waals surface area (Å²) in [5, 5.41) is 9.03. The first-order chi connectivity index (χ1) is 10.8. The third-order valence-electron chi connectivity index (χ3n) is 2.99. The summed E-state index contributed by atoms with van der Waals surface area (Å²) >= 11 is 0.705. The largest absolute Gasteiger partial charge is 0.493 e. The number of aryl methyl sites for hydroxylation is 1. The number of aromatic carboxylic acids is 1. The molecule has 0 saturated carbocycles. The first-order valence-electron chi connectivity index (χ1n) is 6.37. The Kier molecular flexibility index (Phi) is 4.81. The number of carboxylic acids is 1. The van der Waals surface area contributed by atoms with E-state index in [0.29, 0.717) is 28.4 Å². The van der Waals surface area contributed by atoms with Crippen molar-refractivity contribution >= 4 is 33.0 Å². The number of nitrogens with one attached hydrogen (secondary N) is 1. The van der Waals surface area contributed by atoms with Crippen LogP contribution in [0.5, 0.6) is 11.5 Å². The SMILES string of the molecule is COc1ccc(NS(=O)(=O)c2cc(C)c(C(=O)O)s2)cc1OC. The Balaban J connectivity index is 2.35. The quantitative estimate of drug-likeness (QED) is 0.824. The minimum Gasteiger partial charge on any atom is -0.493 e. The molecule has 0 unspecified atom stereocenters. The zero-order valence-corrected chi connectivity index (χ0v) is 14.2. The van der Waals surface area contributed by atoms with Gasteiger partial charge in [-0.3, -0.25) is 4.72 Å². The molecule has 0 bridgehead atoms. The smallest absolute Gasteiger partial charge is 0.346 e. The normalized spacial score (nSPS) is 11.1. The standard InChI is InChI=1S/C14H15NO6S2/c1-8-6-12(22-13(8)14(16)17)23(18,19)15-9-4-5-10(20-2)11(7-9)21-3/h4-7,15H,1-3H3,(H,16,17). The van der Waals surface area contributed by atoms with Crippen molar-refractivity contribution < 1.29 is 27.8 Å². The number of benzene rings is 1. The molecular formula is C14H15NO6S2. The van der Waals surface area contributed by atoms with Gasteiger partial charge in [-0.2, -0.15) is 0 Å². The highest BCUT2D eigenvalue weighted by molar-refractivity contribution is 7.94. The van der Waals surface area contributed by atoms with Crippen LogP contribution in [0.3, 0.4) is 0 Å². The fraction of sp³-hybridized carbons (Fsp3) is 0.214. The number of carboxylic acid groups (broad SMARTS) is 1. The Morgan fingerprint density at radius 2 is 1.83 bits per heavy atom. The maximum Gasteiger partial charge on any atom is 0.346 e. The third kappa shape index (κ3) is 3.57. The van der Waals surface area contributed by atoms with Crippen LogP contribution in [-0.4, -0.2) is 33.7 Å². The van der Waals surface area contributed by atoms with Gasteiger partial charge in [0, 0.05) is 6.07 Å². The van der Waals surface area contributed by atoms with E-state index in [2.05, 4.69) is 4.72 Å². The maximum absolute atomic E-state index is 12.4. The third-order valence-corrected chi connectivity index (χ3v) is 6.07. The molecule has 2 N–H and O–H groups in total. The summed E-state index contributed by atoms with van der Waals surface area (Å²) in [4.78, 5) is 11.0. The van der Waals surface area contributed by atoms with Gasteiger partial charge in [-0.15, -0.1) is 11.3 Å². The first-order valence-corrected chi connectivity index (χ1v) is 8.67. The number of sulfonamides is 1. The molecule has 9 heteroatoms. The highest BCUT2D eigenvalue weighted by atomic mass is 32.2. The number of anilines is 1. The van der Waals surface area contributed by atoms with Crippen molar-refractivity contribution in [1.29, 1.82) is 0 Å². The van der Waals surface area contributed by atoms with E-state index in [1.54, 1.807) is 13.0 Å². The van der Waals surface area contributed by atoms with Crippen molar-refractivity contribution in [3.63, 3.8) is 0 Å². The summed E-state index contributed by atoms with van der Waals surface area (Å²) < 4.78 is 37.3. The van der Waals surface area contributed by atoms with E-state index in [1.165, 1.54) is 32.4 Å². The summed E-state index contributed by atoms with van der Waals surface area (Å²) in [6.45, 7) is 1.55. The van der Waals surface area contributed by atoms with Crippen LogP contribution in [-0.2, 0) is 10.0 Å². The van der Waals surface area contributed by atoms with Gasteiger partial charge in [-0.05, 0) is 30.7 Å². The zero-order chi connectivity index (χ0) is 17.2. The molecule has 0 fully saturated rings. The molecule has 124 valence electrons. The lowest BCUT2D eigenvalue weighted by molar-refractivity contribution is 0.0701. The first kappa shape index (κ1) is 17.1. The van der Waals surface area contributed by atoms with E-state index < -0.39 is 16.0 Å². The second-order valence-corrected chi connectivity index (χ2v) is 7.52. The molecule has 0 radical (unpaired) electrons. The Hall–Kier alpha value is -2.26. The summed E-state index contributed by atoms with van der Waals surface area (Å²) in [5.74, 6) is -0.308. The van der Waals surface area contributed by atoms with Crippen molar-refractivity contribution in [1.82, 2.24) is 0 Å². The molecule has 2 rings (SSSR count). The molecule has 0 atom stereocenters. The summed E-state index contributed by atoms with van der Waals surface area (Å²) in [7, 11) is -0.966. The van der Waals surface area contributed by atoms with E-state index in [1.807, 2.05) is 0 Å². The fourth-order valence-corrected chi connectivity index (χ4v) is 4.33. The molecule has 0 saturated heterocycles. The van der Waals surface area contributed by atoms with Gasteiger partial charge in [-0.1, -0.05) is 0 Å². The van der Waals surface area contributed by atoms with Gasteiger partial charge in [0.25, 0.3) is 10.0 Å². The van der Waals surface area contributed by atoms with Gasteiger partial charge in [-0.25, -0.2) is 13.2 Å². The molecule has 1 aromatic carbocycles. The van der Waals surface area contributed by atoms with Crippen molar-refractivity contribution in [3.8, 4) is 11.5 Å². The Morgan fingerprint density at radius 3 is 2.35 bits per heavy atom. The predicted octanol–water partition coefficient (Wildman–Crippen LogP) is 2.57. The van der Waals surface area contributed by atoms with Crippen molar-refractivity contribution in [2.24, 2.45) is 0 Å². The van der Waals surface area contributed by atoms with Crippen LogP contribution in [0.1, 0.15) is 15.2 Å². The van der Waals surface area contributed by atoms with Crippen molar-refractivity contribution in [3.05, 3.63) is 34.7 Å². The van der Waals surface area contributed by atoms with Crippen LogP contribution in [0.25, 0.3) is 0 Å². The summed E-state index contributed by atoms with van der Waals surface area (Å²) in [6.07, 6.45) is 0. The van der Waals surface area contributed by atoms with Gasteiger partial charge in [0.05, 0.1) is 19.9 Å². The second-order valence-electron chi connectivity index (χ2n) is 4.56. The number of rotatable bonds is 6. The van der Waals surface area contributed by atoms with Crippen LogP contribution < -0.4 is 14.2 Å². The van der Waals surface area contributed by atoms with Gasteiger partial charge < -0.3 is 14.6 Å². The lowest BCUT2D eigenvalue weighted by atomic mass is 10.3. The van der Waals surface area contributed by atoms with E-state index in [4.69, 9.17) is 14.6 Å². The van der Waals surface area contributed by atoms with Crippen molar-refractivity contribution in [2.75, 3.05) is 18.9 Å². The molecular weight excluding hydrogens is 342 g/mol. The number of ether oxygens (including phenoxy) is 2. The van der Waals surface area contributed by atoms with Crippen molar-refractivity contribution in [2.45, 2.75) is 11.1 Å². The average Bonchev–Trinajstić information content (AvgIpc) is 2.89. The van der Waals surface area contributed by atoms with Crippen LogP contribution >= 0.6 is 11.3 Å². The molecule has 0 aliphatic rings. The lowest BCUT2D eigenvalue weighted by Crippen LogP contribution is -2.11. The fourth-order valence-electron chi connectivity index (χ4n) is 1.90. The van der Waals surface area contributed by atoms with Gasteiger partial charge in [0.1, 0.15) is 9.09 Å². The Labute approximate surface area is 137 Å². The highest BCUT2D eigenvalue weighted by Gasteiger charge is 2.22. The predicted molar refractivity (Wildman–Crippen MR) is 86.4 cm³/mol. The molecule has 0 aliphatic heterocycles. The van der Waals surface area contributed by atoms with Gasteiger partial charge >= 0.3 is 5.97 Å². The molecule has 1 heterocycles. The van der Waals surface area contributed by atoms with Crippen LogP contribution in [0.15, 0.2) is 28.5 Å². The molecule has 2 aromatic rings. The van der Waals surface area contributed by atoms with Crippen LogP contribution in [0.4, 0.5) is 5.69 Å². The number of hydrogen-bond acceptors (Lipinski definition) is 6. The lowest BCUT2D eigenvalue weighted by Gasteiger charge is -2.11. The summed E-state index contributed by atoms with van der Waals surface area (Å²) in [5.41, 5.74) is 0.681. The Morgan fingerprint density at radius 1 is 1.17 bits per heavy atom. The highest BCUT2D eigenvalue weighted by Crippen LogP contribution is 2.32. The number of methoxy groups -OCH3 is 2. The average molecular weight is 357 g/mol. The monoisotopic (exact) mass is 357 g/mol. The van der Waals surface area contributed by atoms with Crippen LogP contribution in [0, 0.1) is 6.92 Å². The minimum atomic E-state index is -3.88. The Bertz CT molecular complexity index is 841. The molecule has 1 aromatic heterocycles. The van der Waals surface area contributed by atoms with E-state index in [-0.39, 0.29) is 14.8 Å². The topological polar surface area (TPSA) is 102 Å². The van der Waals surface area contributed by atoms with E-state index in [9.17, 15) is 13.2 Å². The minimum absolute atomic E-state index is 0.00214. The van der Waals surface area contributed by atoms with E-state index in [0.717, 1.165) is 0 Å². The molecule has 23 heavy (non-hydrogen) atoms. The van der Waals surface area contributed by atoms with Gasteiger partial charge in [0.15, 0.2) is 11.5 Å². The molecule has 0 aliphatic carbocycles. The zero-order valence-electron chi connectivity index (χ0n) is 12.6. The molecule has 7 nitrogen and oxygen atoms in total. The molecule has 0 amide bonds. The van der Waals surface area contributed by atoms with E-state index >= 15 is 0 Å².